The molecule has 0 amide bonds. The molecule has 0 aliphatic heterocycles. The van der Waals surface area contributed by atoms with Crippen molar-refractivity contribution in [3.8, 4) is 0 Å². The number of aliphatic imine (C=N–C) groups is 1. The van der Waals surface area contributed by atoms with Gasteiger partial charge in [0.1, 0.15) is 0 Å². The van der Waals surface area contributed by atoms with E-state index in [-0.39, 0.29) is 5.92 Å². The van der Waals surface area contributed by atoms with E-state index in [0.29, 0.717) is 0 Å². The standard InChI is InChI=1S/C10H17ClN2/c1-9(10(11)8-13-3)6-4-5-7-12-2/h4,6,8-9,13H,2,5,7H2,1,3H3/b6-4+,10-8+. The number of nitrogens with one attached hydrogen (secondary N) is 1. The summed E-state index contributed by atoms with van der Waals surface area (Å²) in [6.45, 7) is 6.23. The molecule has 1 N–H and O–H groups in total. The molecule has 0 aliphatic rings. The second-order valence-corrected chi connectivity index (χ2v) is 3.21. The summed E-state index contributed by atoms with van der Waals surface area (Å²) >= 11 is 5.96. The third-order valence-corrected chi connectivity index (χ3v) is 2.05. The topological polar surface area (TPSA) is 24.4 Å². The van der Waals surface area contributed by atoms with Crippen molar-refractivity contribution < 1.29 is 0 Å². The van der Waals surface area contributed by atoms with Crippen molar-refractivity contribution in [3.05, 3.63) is 23.4 Å². The molecule has 1 unspecified atom stereocenters. The number of allylic oxidation sites excluding steroid dienone is 2. The molecule has 0 rings (SSSR count). The van der Waals surface area contributed by atoms with E-state index >= 15 is 0 Å². The zero-order valence-corrected chi connectivity index (χ0v) is 9.01. The van der Waals surface area contributed by atoms with E-state index in [9.17, 15) is 0 Å². The second-order valence-electron chi connectivity index (χ2n) is 2.77. The molecule has 0 aromatic carbocycles. The minimum Gasteiger partial charge on any atom is -0.393 e. The second kappa shape index (κ2) is 7.87. The van der Waals surface area contributed by atoms with Crippen LogP contribution < -0.4 is 5.32 Å². The highest BCUT2D eigenvalue weighted by Crippen LogP contribution is 2.15. The third-order valence-electron chi connectivity index (χ3n) is 1.60. The summed E-state index contributed by atoms with van der Waals surface area (Å²) in [5.74, 6) is 0.263. The number of rotatable bonds is 6. The molecule has 0 fully saturated rings. The Balaban J connectivity index is 3.84. The van der Waals surface area contributed by atoms with Gasteiger partial charge in [-0.3, -0.25) is 0 Å². The van der Waals surface area contributed by atoms with Gasteiger partial charge in [0, 0.05) is 30.7 Å². The summed E-state index contributed by atoms with van der Waals surface area (Å²) in [6, 6.07) is 0. The zero-order chi connectivity index (χ0) is 10.1. The van der Waals surface area contributed by atoms with Crippen molar-refractivity contribution in [1.82, 2.24) is 5.32 Å². The van der Waals surface area contributed by atoms with Gasteiger partial charge in [0.15, 0.2) is 0 Å². The summed E-state index contributed by atoms with van der Waals surface area (Å²) in [6.07, 6.45) is 6.87. The molecular formula is C10H17ClN2. The summed E-state index contributed by atoms with van der Waals surface area (Å²) in [7, 11) is 1.83. The van der Waals surface area contributed by atoms with E-state index in [2.05, 4.69) is 29.2 Å². The molecule has 0 aromatic heterocycles. The first kappa shape index (κ1) is 12.2. The molecule has 1 atom stereocenters. The minimum absolute atomic E-state index is 0.263. The van der Waals surface area contributed by atoms with Crippen molar-refractivity contribution >= 4 is 18.3 Å². The molecule has 0 saturated heterocycles. The Kier molecular flexibility index (Phi) is 7.41. The maximum Gasteiger partial charge on any atom is 0.0416 e. The van der Waals surface area contributed by atoms with Gasteiger partial charge in [0.25, 0.3) is 0 Å². The van der Waals surface area contributed by atoms with E-state index in [1.807, 2.05) is 14.0 Å². The summed E-state index contributed by atoms with van der Waals surface area (Å²) in [4.78, 5) is 3.75. The number of halogens is 1. The lowest BCUT2D eigenvalue weighted by Crippen LogP contribution is -1.98. The maximum absolute atomic E-state index is 5.96. The molecule has 13 heavy (non-hydrogen) atoms. The molecule has 0 aliphatic carbocycles. The minimum atomic E-state index is 0.263. The van der Waals surface area contributed by atoms with Crippen LogP contribution in [-0.2, 0) is 0 Å². The van der Waals surface area contributed by atoms with Gasteiger partial charge < -0.3 is 10.3 Å². The van der Waals surface area contributed by atoms with E-state index in [4.69, 9.17) is 11.6 Å². The molecule has 2 nitrogen and oxygen atoms in total. The molecule has 0 bridgehead atoms. The predicted octanol–water partition coefficient (Wildman–Crippen LogP) is 2.57. The Morgan fingerprint density at radius 1 is 1.69 bits per heavy atom. The van der Waals surface area contributed by atoms with Gasteiger partial charge in [-0.15, -0.1) is 0 Å². The van der Waals surface area contributed by atoms with E-state index < -0.39 is 0 Å². The van der Waals surface area contributed by atoms with Crippen LogP contribution >= 0.6 is 11.6 Å². The largest absolute Gasteiger partial charge is 0.393 e. The molecule has 3 heteroatoms. The van der Waals surface area contributed by atoms with Crippen LogP contribution in [0.15, 0.2) is 28.4 Å². The number of hydrogen-bond donors (Lipinski definition) is 1. The van der Waals surface area contributed by atoms with Gasteiger partial charge in [0.05, 0.1) is 0 Å². The normalized spacial score (nSPS) is 14.5. The third kappa shape index (κ3) is 6.41. The number of hydrogen-bond acceptors (Lipinski definition) is 2. The van der Waals surface area contributed by atoms with Crippen LogP contribution in [0.4, 0.5) is 0 Å². The van der Waals surface area contributed by atoms with Gasteiger partial charge >= 0.3 is 0 Å². The van der Waals surface area contributed by atoms with Crippen molar-refractivity contribution in [2.24, 2.45) is 10.9 Å². The fraction of sp³-hybridized carbons (Fsp3) is 0.500. The Bertz CT molecular complexity index is 197. The van der Waals surface area contributed by atoms with Gasteiger partial charge in [-0.25, -0.2) is 0 Å². The molecule has 74 valence electrons. The monoisotopic (exact) mass is 200 g/mol. The summed E-state index contributed by atoms with van der Waals surface area (Å²) in [5.41, 5.74) is 0. The lowest BCUT2D eigenvalue weighted by Gasteiger charge is -2.03. The average Bonchev–Trinajstić information content (AvgIpc) is 2.12. The SMILES string of the molecule is C=NCC/C=C/C(C)/C(Cl)=C\NC. The Morgan fingerprint density at radius 3 is 2.92 bits per heavy atom. The predicted molar refractivity (Wildman–Crippen MR) is 60.3 cm³/mol. The van der Waals surface area contributed by atoms with E-state index in [1.54, 1.807) is 6.20 Å². The van der Waals surface area contributed by atoms with Crippen LogP contribution in [0.25, 0.3) is 0 Å². The van der Waals surface area contributed by atoms with Gasteiger partial charge in [-0.1, -0.05) is 30.7 Å². The lowest BCUT2D eigenvalue weighted by atomic mass is 10.1. The van der Waals surface area contributed by atoms with Crippen molar-refractivity contribution in [2.45, 2.75) is 13.3 Å². The van der Waals surface area contributed by atoms with Crippen LogP contribution in [-0.4, -0.2) is 20.3 Å². The van der Waals surface area contributed by atoms with E-state index in [0.717, 1.165) is 18.0 Å². The first-order valence-corrected chi connectivity index (χ1v) is 4.72. The summed E-state index contributed by atoms with van der Waals surface area (Å²) in [5, 5.41) is 3.70. The molecule has 0 radical (unpaired) electrons. The average molecular weight is 201 g/mol. The highest BCUT2D eigenvalue weighted by atomic mass is 35.5. The fourth-order valence-electron chi connectivity index (χ4n) is 0.827. The highest BCUT2D eigenvalue weighted by Gasteiger charge is 1.99. The lowest BCUT2D eigenvalue weighted by molar-refractivity contribution is 0.884. The molecule has 0 heterocycles. The zero-order valence-electron chi connectivity index (χ0n) is 8.26. The summed E-state index contributed by atoms with van der Waals surface area (Å²) < 4.78 is 0. The Hall–Kier alpha value is -0.760. The molecule has 0 aromatic rings. The first-order chi connectivity index (χ1) is 6.22. The smallest absolute Gasteiger partial charge is 0.0416 e. The van der Waals surface area contributed by atoms with Crippen LogP contribution in [0.3, 0.4) is 0 Å². The Morgan fingerprint density at radius 2 is 2.38 bits per heavy atom. The first-order valence-electron chi connectivity index (χ1n) is 4.34. The molecule has 0 spiro atoms. The van der Waals surface area contributed by atoms with Crippen LogP contribution in [0.1, 0.15) is 13.3 Å². The maximum atomic E-state index is 5.96. The Labute approximate surface area is 85.4 Å². The number of nitrogens with zero attached hydrogens (tertiary/aromatic N) is 1. The van der Waals surface area contributed by atoms with E-state index in [1.165, 1.54) is 0 Å². The van der Waals surface area contributed by atoms with Crippen LogP contribution in [0.2, 0.25) is 0 Å². The molecular weight excluding hydrogens is 184 g/mol. The van der Waals surface area contributed by atoms with Crippen molar-refractivity contribution in [1.29, 1.82) is 0 Å². The fourth-order valence-corrected chi connectivity index (χ4v) is 1.01. The van der Waals surface area contributed by atoms with Gasteiger partial charge in [0.2, 0.25) is 0 Å². The molecule has 0 saturated carbocycles. The van der Waals surface area contributed by atoms with Gasteiger partial charge in [-0.05, 0) is 13.1 Å². The van der Waals surface area contributed by atoms with Crippen molar-refractivity contribution in [3.63, 3.8) is 0 Å². The van der Waals surface area contributed by atoms with Crippen LogP contribution in [0.5, 0.6) is 0 Å². The van der Waals surface area contributed by atoms with Crippen molar-refractivity contribution in [2.75, 3.05) is 13.6 Å². The quantitative estimate of drug-likeness (QED) is 0.398. The van der Waals surface area contributed by atoms with Gasteiger partial charge in [-0.2, -0.15) is 0 Å². The van der Waals surface area contributed by atoms with Crippen LogP contribution in [0, 0.1) is 5.92 Å². The highest BCUT2D eigenvalue weighted by molar-refractivity contribution is 6.29.